The summed E-state index contributed by atoms with van der Waals surface area (Å²) in [7, 11) is 0. The number of halogens is 3. The number of benzene rings is 2. The highest BCUT2D eigenvalue weighted by molar-refractivity contribution is 6.30. The van der Waals surface area contributed by atoms with E-state index in [4.69, 9.17) is 11.6 Å². The van der Waals surface area contributed by atoms with Crippen LogP contribution in [0, 0.1) is 23.5 Å². The average molecular weight is 572 g/mol. The zero-order valence-corrected chi connectivity index (χ0v) is 24.5. The quantitative estimate of drug-likeness (QED) is 0.425. The number of rotatable bonds is 4. The highest BCUT2D eigenvalue weighted by Crippen LogP contribution is 2.39. The Morgan fingerprint density at radius 2 is 1.60 bits per heavy atom. The van der Waals surface area contributed by atoms with Gasteiger partial charge in [-0.3, -0.25) is 14.5 Å². The molecule has 3 aliphatic rings. The first kappa shape index (κ1) is 29.0. The molecule has 0 bridgehead atoms. The van der Waals surface area contributed by atoms with Crippen LogP contribution in [0.5, 0.6) is 0 Å². The maximum Gasteiger partial charge on any atom is 0.227 e. The number of carbonyl (C=O) groups is 2. The van der Waals surface area contributed by atoms with E-state index in [-0.39, 0.29) is 35.2 Å². The van der Waals surface area contributed by atoms with Crippen molar-refractivity contribution in [3.05, 3.63) is 70.2 Å². The predicted octanol–water partition coefficient (Wildman–Crippen LogP) is 6.42. The second-order valence-electron chi connectivity index (χ2n) is 12.6. The van der Waals surface area contributed by atoms with Gasteiger partial charge in [0.1, 0.15) is 11.6 Å². The maximum atomic E-state index is 15.0. The van der Waals surface area contributed by atoms with Crippen molar-refractivity contribution in [2.45, 2.75) is 70.4 Å². The molecule has 216 valence electrons. The van der Waals surface area contributed by atoms with Gasteiger partial charge in [0.25, 0.3) is 0 Å². The number of hydrogen-bond donors (Lipinski definition) is 0. The van der Waals surface area contributed by atoms with E-state index in [1.807, 2.05) is 34.1 Å². The molecule has 1 aliphatic carbocycles. The van der Waals surface area contributed by atoms with Crippen LogP contribution in [-0.4, -0.2) is 64.8 Å². The lowest BCUT2D eigenvalue weighted by atomic mass is 9.83. The largest absolute Gasteiger partial charge is 0.341 e. The zero-order valence-electron chi connectivity index (χ0n) is 23.7. The van der Waals surface area contributed by atoms with Gasteiger partial charge in [0, 0.05) is 61.2 Å². The SMILES string of the molecule is CC(C)(C)N1CC(C(=O)N2CCCC(c3ccc(Cl)cc3)N(C(=O)C3CCC3)CC2)[C@H](c2ccc(F)cc2F)C1. The molecule has 0 radical (unpaired) electrons. The fourth-order valence-corrected chi connectivity index (χ4v) is 6.61. The number of carbonyl (C=O) groups excluding carboxylic acids is 2. The van der Waals surface area contributed by atoms with Crippen molar-refractivity contribution in [3.8, 4) is 0 Å². The molecule has 0 aromatic heterocycles. The number of likely N-dealkylation sites (tertiary alicyclic amines) is 1. The fraction of sp³-hybridized carbons (Fsp3) is 0.562. The monoisotopic (exact) mass is 571 g/mol. The molecule has 40 heavy (non-hydrogen) atoms. The van der Waals surface area contributed by atoms with Crippen molar-refractivity contribution in [3.63, 3.8) is 0 Å². The van der Waals surface area contributed by atoms with Gasteiger partial charge in [0.05, 0.1) is 12.0 Å². The first-order chi connectivity index (χ1) is 19.0. The van der Waals surface area contributed by atoms with E-state index in [1.54, 1.807) is 0 Å². The van der Waals surface area contributed by atoms with Crippen molar-refractivity contribution in [2.75, 3.05) is 32.7 Å². The summed E-state index contributed by atoms with van der Waals surface area (Å²) in [5.41, 5.74) is 1.26. The Bertz CT molecular complexity index is 1230. The molecule has 2 saturated heterocycles. The molecular weight excluding hydrogens is 532 g/mol. The van der Waals surface area contributed by atoms with Gasteiger partial charge < -0.3 is 9.80 Å². The van der Waals surface area contributed by atoms with Gasteiger partial charge in [0.2, 0.25) is 11.8 Å². The molecule has 2 heterocycles. The molecule has 2 aliphatic heterocycles. The van der Waals surface area contributed by atoms with Gasteiger partial charge >= 0.3 is 0 Å². The summed E-state index contributed by atoms with van der Waals surface area (Å²) in [6.07, 6.45) is 4.41. The normalized spacial score (nSPS) is 24.9. The van der Waals surface area contributed by atoms with Crippen molar-refractivity contribution in [2.24, 2.45) is 11.8 Å². The zero-order chi connectivity index (χ0) is 28.6. The molecule has 5 rings (SSSR count). The van der Waals surface area contributed by atoms with Crippen LogP contribution < -0.4 is 0 Å². The lowest BCUT2D eigenvalue weighted by Crippen LogP contribution is -2.49. The van der Waals surface area contributed by atoms with Crippen molar-refractivity contribution >= 4 is 23.4 Å². The summed E-state index contributed by atoms with van der Waals surface area (Å²) in [5.74, 6) is -1.82. The third kappa shape index (κ3) is 6.06. The standard InChI is InChI=1S/C32H40ClF2N3O2/c1-32(2,3)37-19-26(25-14-13-24(34)18-28(25)35)27(20-37)31(40)36-15-5-8-29(21-9-11-23(33)12-10-21)38(17-16-36)30(39)22-6-4-7-22/h9-14,18,22,26-27,29H,4-8,15-17,19-20H2,1-3H3/t26-,27?,29?/m0/s1. The van der Waals surface area contributed by atoms with E-state index >= 15 is 0 Å². The third-order valence-electron chi connectivity index (χ3n) is 9.14. The Hall–Kier alpha value is -2.51. The van der Waals surface area contributed by atoms with E-state index in [0.29, 0.717) is 43.3 Å². The highest BCUT2D eigenvalue weighted by atomic mass is 35.5. The highest BCUT2D eigenvalue weighted by Gasteiger charge is 2.45. The Morgan fingerprint density at radius 3 is 2.23 bits per heavy atom. The molecule has 2 aromatic rings. The van der Waals surface area contributed by atoms with Crippen LogP contribution in [0.1, 0.15) is 76.0 Å². The van der Waals surface area contributed by atoms with Crippen LogP contribution in [0.15, 0.2) is 42.5 Å². The van der Waals surface area contributed by atoms with Gasteiger partial charge in [-0.1, -0.05) is 36.2 Å². The van der Waals surface area contributed by atoms with Crippen LogP contribution in [0.25, 0.3) is 0 Å². The minimum absolute atomic E-state index is 0.0125. The maximum absolute atomic E-state index is 15.0. The number of nitrogens with zero attached hydrogens (tertiary/aromatic N) is 3. The lowest BCUT2D eigenvalue weighted by Gasteiger charge is -2.41. The molecule has 3 atom stereocenters. The van der Waals surface area contributed by atoms with E-state index in [0.717, 1.165) is 43.7 Å². The second kappa shape index (κ2) is 11.8. The summed E-state index contributed by atoms with van der Waals surface area (Å²) < 4.78 is 28.7. The van der Waals surface area contributed by atoms with Gasteiger partial charge in [-0.15, -0.1) is 0 Å². The van der Waals surface area contributed by atoms with Crippen molar-refractivity contribution < 1.29 is 18.4 Å². The molecule has 8 heteroatoms. The summed E-state index contributed by atoms with van der Waals surface area (Å²) in [4.78, 5) is 33.8. The molecule has 5 nitrogen and oxygen atoms in total. The Morgan fingerprint density at radius 1 is 0.875 bits per heavy atom. The summed E-state index contributed by atoms with van der Waals surface area (Å²) in [6.45, 7) is 8.79. The van der Waals surface area contributed by atoms with E-state index in [9.17, 15) is 18.4 Å². The molecular formula is C32H40ClF2N3O2. The van der Waals surface area contributed by atoms with Crippen LogP contribution in [0.3, 0.4) is 0 Å². The van der Waals surface area contributed by atoms with Crippen LogP contribution in [0.2, 0.25) is 5.02 Å². The fourth-order valence-electron chi connectivity index (χ4n) is 6.49. The van der Waals surface area contributed by atoms with E-state index in [1.165, 1.54) is 12.1 Å². The predicted molar refractivity (Wildman–Crippen MR) is 153 cm³/mol. The molecule has 1 saturated carbocycles. The molecule has 0 N–H and O–H groups in total. The van der Waals surface area contributed by atoms with Gasteiger partial charge in [-0.2, -0.15) is 0 Å². The van der Waals surface area contributed by atoms with Crippen LogP contribution in [-0.2, 0) is 9.59 Å². The van der Waals surface area contributed by atoms with Crippen LogP contribution >= 0.6 is 11.6 Å². The van der Waals surface area contributed by atoms with Gasteiger partial charge in [-0.05, 0) is 75.8 Å². The van der Waals surface area contributed by atoms with Crippen molar-refractivity contribution in [1.82, 2.24) is 14.7 Å². The molecule has 0 spiro atoms. The summed E-state index contributed by atoms with van der Waals surface area (Å²) in [6, 6.07) is 11.4. The summed E-state index contributed by atoms with van der Waals surface area (Å²) >= 11 is 6.15. The minimum Gasteiger partial charge on any atom is -0.341 e. The summed E-state index contributed by atoms with van der Waals surface area (Å²) in [5, 5.41) is 0.663. The molecule has 2 unspecified atom stereocenters. The van der Waals surface area contributed by atoms with Gasteiger partial charge in [-0.25, -0.2) is 8.78 Å². The number of hydrogen-bond acceptors (Lipinski definition) is 3. The first-order valence-corrected chi connectivity index (χ1v) is 15.0. The number of amides is 2. The third-order valence-corrected chi connectivity index (χ3v) is 9.40. The molecule has 3 fully saturated rings. The average Bonchev–Trinajstić information content (AvgIpc) is 3.29. The first-order valence-electron chi connectivity index (χ1n) is 14.6. The Labute approximate surface area is 241 Å². The van der Waals surface area contributed by atoms with Crippen LogP contribution in [0.4, 0.5) is 8.78 Å². The second-order valence-corrected chi connectivity index (χ2v) is 13.1. The molecule has 2 amide bonds. The molecule has 2 aromatic carbocycles. The van der Waals surface area contributed by atoms with Gasteiger partial charge in [0.15, 0.2) is 0 Å². The smallest absolute Gasteiger partial charge is 0.227 e. The Kier molecular flexibility index (Phi) is 8.53. The van der Waals surface area contributed by atoms with E-state index in [2.05, 4.69) is 25.7 Å². The lowest BCUT2D eigenvalue weighted by molar-refractivity contribution is -0.144. The topological polar surface area (TPSA) is 43.9 Å². The van der Waals surface area contributed by atoms with Crippen molar-refractivity contribution in [1.29, 1.82) is 0 Å². The minimum atomic E-state index is -0.620. The van der Waals surface area contributed by atoms with E-state index < -0.39 is 17.6 Å². The Balaban J connectivity index is 1.38.